The molecular formula is C21H29FN4O2S. The smallest absolute Gasteiger partial charge is 0.230 e. The third-order valence-corrected chi connectivity index (χ3v) is 6.32. The maximum Gasteiger partial charge on any atom is 0.230 e. The first-order chi connectivity index (χ1) is 14.0. The van der Waals surface area contributed by atoms with Crippen LogP contribution in [0.3, 0.4) is 0 Å². The molecule has 3 rings (SSSR count). The van der Waals surface area contributed by atoms with E-state index < -0.39 is 11.9 Å². The molecule has 1 fully saturated rings. The lowest BCUT2D eigenvalue weighted by molar-refractivity contribution is -0.119. The molecule has 3 unspecified atom stereocenters. The average Bonchev–Trinajstić information content (AvgIpc) is 3.13. The molecular weight excluding hydrogens is 391 g/mol. The first-order valence-electron chi connectivity index (χ1n) is 10.3. The number of hydrogen-bond acceptors (Lipinski definition) is 5. The lowest BCUT2D eigenvalue weighted by Crippen LogP contribution is -2.41. The second-order valence-electron chi connectivity index (χ2n) is 7.50. The van der Waals surface area contributed by atoms with Gasteiger partial charge in [0.15, 0.2) is 28.7 Å². The van der Waals surface area contributed by atoms with Gasteiger partial charge in [-0.1, -0.05) is 43.7 Å². The van der Waals surface area contributed by atoms with E-state index in [0.29, 0.717) is 29.2 Å². The molecule has 1 heterocycles. The van der Waals surface area contributed by atoms with Gasteiger partial charge in [-0.2, -0.15) is 0 Å². The highest BCUT2D eigenvalue weighted by molar-refractivity contribution is 7.99. The Labute approximate surface area is 175 Å². The van der Waals surface area contributed by atoms with E-state index in [1.165, 1.54) is 37.1 Å². The van der Waals surface area contributed by atoms with Gasteiger partial charge < -0.3 is 14.6 Å². The monoisotopic (exact) mass is 420 g/mol. The molecule has 1 aromatic heterocycles. The normalized spacial score (nSPS) is 20.3. The van der Waals surface area contributed by atoms with Crippen LogP contribution < -0.4 is 10.1 Å². The molecule has 1 aromatic carbocycles. The van der Waals surface area contributed by atoms with Crippen LogP contribution in [0, 0.1) is 11.7 Å². The molecule has 2 aromatic rings. The predicted octanol–water partition coefficient (Wildman–Crippen LogP) is 4.36. The lowest BCUT2D eigenvalue weighted by atomic mass is 9.86. The van der Waals surface area contributed by atoms with E-state index in [0.717, 1.165) is 6.42 Å². The van der Waals surface area contributed by atoms with Crippen LogP contribution in [0.2, 0.25) is 0 Å². The van der Waals surface area contributed by atoms with Gasteiger partial charge in [-0.25, -0.2) is 4.39 Å². The SMILES string of the molecule is CCn1c(SCC(=O)NC2CCCCC2C)nnc1C(C)Oc1ccccc1F. The summed E-state index contributed by atoms with van der Waals surface area (Å²) < 4.78 is 21.5. The largest absolute Gasteiger partial charge is 0.480 e. The van der Waals surface area contributed by atoms with E-state index in [4.69, 9.17) is 4.74 Å². The highest BCUT2D eigenvalue weighted by atomic mass is 32.2. The van der Waals surface area contributed by atoms with Crippen LogP contribution in [0.5, 0.6) is 5.75 Å². The van der Waals surface area contributed by atoms with Crippen LogP contribution >= 0.6 is 11.8 Å². The Morgan fingerprint density at radius 2 is 2.10 bits per heavy atom. The first-order valence-corrected chi connectivity index (χ1v) is 11.2. The molecule has 0 bridgehead atoms. The van der Waals surface area contributed by atoms with Gasteiger partial charge in [-0.05, 0) is 44.7 Å². The fourth-order valence-corrected chi connectivity index (χ4v) is 4.52. The Balaban J connectivity index is 1.60. The van der Waals surface area contributed by atoms with E-state index in [-0.39, 0.29) is 17.7 Å². The van der Waals surface area contributed by atoms with Crippen molar-refractivity contribution in [3.63, 3.8) is 0 Å². The Bertz CT molecular complexity index is 829. The molecule has 0 saturated heterocycles. The van der Waals surface area contributed by atoms with Crippen molar-refractivity contribution in [1.82, 2.24) is 20.1 Å². The van der Waals surface area contributed by atoms with Crippen molar-refractivity contribution >= 4 is 17.7 Å². The van der Waals surface area contributed by atoms with E-state index in [1.807, 2.05) is 18.4 Å². The summed E-state index contributed by atoms with van der Waals surface area (Å²) in [5.74, 6) is 1.23. The minimum absolute atomic E-state index is 0.0246. The quantitative estimate of drug-likeness (QED) is 0.643. The predicted molar refractivity (Wildman–Crippen MR) is 111 cm³/mol. The Hall–Kier alpha value is -2.09. The maximum absolute atomic E-state index is 13.9. The van der Waals surface area contributed by atoms with Crippen molar-refractivity contribution in [3.8, 4) is 5.75 Å². The van der Waals surface area contributed by atoms with E-state index >= 15 is 0 Å². The fourth-order valence-electron chi connectivity index (χ4n) is 3.70. The summed E-state index contributed by atoms with van der Waals surface area (Å²) in [6.07, 6.45) is 4.18. The Morgan fingerprint density at radius 1 is 1.34 bits per heavy atom. The number of aromatic nitrogens is 3. The van der Waals surface area contributed by atoms with Crippen molar-refractivity contribution in [2.75, 3.05) is 5.75 Å². The van der Waals surface area contributed by atoms with Crippen molar-refractivity contribution in [2.24, 2.45) is 5.92 Å². The van der Waals surface area contributed by atoms with Crippen molar-refractivity contribution in [3.05, 3.63) is 35.9 Å². The molecule has 0 aliphatic heterocycles. The number of nitrogens with one attached hydrogen (secondary N) is 1. The summed E-state index contributed by atoms with van der Waals surface area (Å²) in [4.78, 5) is 12.4. The van der Waals surface area contributed by atoms with Crippen LogP contribution in [-0.4, -0.2) is 32.5 Å². The summed E-state index contributed by atoms with van der Waals surface area (Å²) >= 11 is 1.36. The van der Waals surface area contributed by atoms with Gasteiger partial charge in [0.05, 0.1) is 5.75 Å². The zero-order chi connectivity index (χ0) is 20.8. The van der Waals surface area contributed by atoms with Gasteiger partial charge in [-0.3, -0.25) is 4.79 Å². The first kappa shape index (κ1) is 21.6. The van der Waals surface area contributed by atoms with Crippen LogP contribution in [0.15, 0.2) is 29.4 Å². The number of halogens is 1. The topological polar surface area (TPSA) is 69.0 Å². The average molecular weight is 421 g/mol. The standard InChI is InChI=1S/C21H29FN4O2S/c1-4-26-20(15(3)28-18-12-8-6-10-16(18)22)24-25-21(26)29-13-19(27)23-17-11-7-5-9-14(17)2/h6,8,10,12,14-15,17H,4-5,7,9,11,13H2,1-3H3,(H,23,27). The van der Waals surface area contributed by atoms with Crippen molar-refractivity contribution in [1.29, 1.82) is 0 Å². The summed E-state index contributed by atoms with van der Waals surface area (Å²) in [6, 6.07) is 6.56. The molecule has 0 spiro atoms. The lowest BCUT2D eigenvalue weighted by Gasteiger charge is -2.29. The van der Waals surface area contributed by atoms with Crippen LogP contribution in [0.1, 0.15) is 58.4 Å². The molecule has 1 aliphatic carbocycles. The Morgan fingerprint density at radius 3 is 2.83 bits per heavy atom. The van der Waals surface area contributed by atoms with Gasteiger partial charge in [0.2, 0.25) is 5.91 Å². The minimum atomic E-state index is -0.467. The second kappa shape index (κ2) is 10.1. The number of thioether (sulfide) groups is 1. The fraction of sp³-hybridized carbons (Fsp3) is 0.571. The molecule has 3 atom stereocenters. The molecule has 8 heteroatoms. The number of ether oxygens (including phenoxy) is 1. The third kappa shape index (κ3) is 5.50. The molecule has 1 saturated carbocycles. The van der Waals surface area contributed by atoms with Gasteiger partial charge in [0, 0.05) is 12.6 Å². The number of carbonyl (C=O) groups is 1. The van der Waals surface area contributed by atoms with Crippen molar-refractivity contribution in [2.45, 2.75) is 70.3 Å². The highest BCUT2D eigenvalue weighted by Crippen LogP contribution is 2.27. The summed E-state index contributed by atoms with van der Waals surface area (Å²) in [7, 11) is 0. The van der Waals surface area contributed by atoms with E-state index in [1.54, 1.807) is 18.2 Å². The number of hydrogen-bond donors (Lipinski definition) is 1. The number of carbonyl (C=O) groups excluding carboxylic acids is 1. The molecule has 158 valence electrons. The summed E-state index contributed by atoms with van der Waals surface area (Å²) in [5, 5.41) is 12.3. The third-order valence-electron chi connectivity index (χ3n) is 5.36. The second-order valence-corrected chi connectivity index (χ2v) is 8.44. The number of amides is 1. The van der Waals surface area contributed by atoms with E-state index in [9.17, 15) is 9.18 Å². The van der Waals surface area contributed by atoms with Crippen molar-refractivity contribution < 1.29 is 13.9 Å². The molecule has 29 heavy (non-hydrogen) atoms. The number of nitrogens with zero attached hydrogens (tertiary/aromatic N) is 3. The maximum atomic E-state index is 13.9. The summed E-state index contributed by atoms with van der Waals surface area (Å²) in [5.41, 5.74) is 0. The van der Waals surface area contributed by atoms with Crippen LogP contribution in [0.4, 0.5) is 4.39 Å². The van der Waals surface area contributed by atoms with Gasteiger partial charge in [0.1, 0.15) is 0 Å². The molecule has 1 amide bonds. The number of rotatable bonds is 8. The van der Waals surface area contributed by atoms with Gasteiger partial charge in [-0.15, -0.1) is 10.2 Å². The molecule has 1 aliphatic rings. The zero-order valence-corrected chi connectivity index (χ0v) is 18.0. The van der Waals surface area contributed by atoms with Crippen LogP contribution in [-0.2, 0) is 11.3 Å². The zero-order valence-electron chi connectivity index (χ0n) is 17.2. The number of para-hydroxylation sites is 1. The highest BCUT2D eigenvalue weighted by Gasteiger charge is 2.24. The van der Waals surface area contributed by atoms with Gasteiger partial charge in [0.25, 0.3) is 0 Å². The molecule has 6 nitrogen and oxygen atoms in total. The van der Waals surface area contributed by atoms with Gasteiger partial charge >= 0.3 is 0 Å². The van der Waals surface area contributed by atoms with E-state index in [2.05, 4.69) is 22.4 Å². The number of benzene rings is 1. The van der Waals surface area contributed by atoms with Crippen LogP contribution in [0.25, 0.3) is 0 Å². The summed E-state index contributed by atoms with van der Waals surface area (Å²) in [6.45, 7) is 6.63. The molecule has 0 radical (unpaired) electrons. The molecule has 1 N–H and O–H groups in total. The Kier molecular flexibility index (Phi) is 7.52. The minimum Gasteiger partial charge on any atom is -0.480 e.